The summed E-state index contributed by atoms with van der Waals surface area (Å²) in [5, 5.41) is 22.3. The van der Waals surface area contributed by atoms with Crippen LogP contribution in [0.5, 0.6) is 0 Å². The van der Waals surface area contributed by atoms with Crippen LogP contribution in [0.15, 0.2) is 66.7 Å². The van der Waals surface area contributed by atoms with Crippen LogP contribution >= 0.6 is 0 Å². The predicted molar refractivity (Wildman–Crippen MR) is 115 cm³/mol. The predicted octanol–water partition coefficient (Wildman–Crippen LogP) is 1.93. The molecule has 0 unspecified atom stereocenters. The fourth-order valence-electron chi connectivity index (χ4n) is 5.47. The Balaban J connectivity index is 1.49. The van der Waals surface area contributed by atoms with E-state index in [0.29, 0.717) is 5.82 Å². The van der Waals surface area contributed by atoms with Crippen molar-refractivity contribution in [2.24, 2.45) is 11.8 Å². The van der Waals surface area contributed by atoms with Crippen LogP contribution in [0.25, 0.3) is 5.69 Å². The smallest absolute Gasteiger partial charge is 0.310 e. The zero-order valence-corrected chi connectivity index (χ0v) is 17.8. The molecular weight excluding hydrogens is 422 g/mol. The number of benzene rings is 2. The molecule has 0 aliphatic carbocycles. The number of amides is 1. The first-order valence-corrected chi connectivity index (χ1v) is 10.8. The molecule has 6 rings (SSSR count). The van der Waals surface area contributed by atoms with E-state index in [1.54, 1.807) is 15.7 Å². The number of carboxylic acids is 1. The molecule has 2 saturated heterocycles. The van der Waals surface area contributed by atoms with Crippen molar-refractivity contribution >= 4 is 11.9 Å². The average Bonchev–Trinajstić information content (AvgIpc) is 3.57. The van der Waals surface area contributed by atoms with E-state index >= 15 is 0 Å². The molecule has 4 heterocycles. The third-order valence-electron chi connectivity index (χ3n) is 6.92. The lowest BCUT2D eigenvalue weighted by molar-refractivity contribution is -0.148. The second kappa shape index (κ2) is 7.08. The number of carboxylic acid groups (broad SMARTS) is 1. The van der Waals surface area contributed by atoms with Gasteiger partial charge in [0, 0.05) is 0 Å². The lowest BCUT2D eigenvalue weighted by atomic mass is 9.77. The van der Waals surface area contributed by atoms with Gasteiger partial charge in [0.1, 0.15) is 17.6 Å². The molecule has 9 heteroatoms. The highest BCUT2D eigenvalue weighted by atomic mass is 16.5. The average molecular weight is 443 g/mol. The standard InChI is InChI=1S/C24H21N5O4/c1-14-7-5-6-10-16(14)29-21(25-26-27-29)20(15-8-3-2-4-9-15)28-13-24-12-11-17(33-24)18(23(31)32)19(24)22(28)30/h2-12,17-20H,13H2,1H3,(H,31,32)/t17-,18-,19-,20+,24-/m1/s1. The van der Waals surface area contributed by atoms with Gasteiger partial charge in [-0.05, 0) is 34.5 Å². The number of fused-ring (bicyclic) bond motifs is 1. The van der Waals surface area contributed by atoms with E-state index in [-0.39, 0.29) is 12.5 Å². The van der Waals surface area contributed by atoms with E-state index in [0.717, 1.165) is 16.8 Å². The van der Waals surface area contributed by atoms with Crippen molar-refractivity contribution in [3.8, 4) is 5.69 Å². The van der Waals surface area contributed by atoms with Crippen LogP contribution in [0.2, 0.25) is 0 Å². The Bertz CT molecular complexity index is 1290. The van der Waals surface area contributed by atoms with Crippen LogP contribution in [0.3, 0.4) is 0 Å². The Morgan fingerprint density at radius 2 is 1.94 bits per heavy atom. The van der Waals surface area contributed by atoms with Gasteiger partial charge in [-0.2, -0.15) is 4.68 Å². The van der Waals surface area contributed by atoms with Crippen LogP contribution in [0.1, 0.15) is 23.0 Å². The van der Waals surface area contributed by atoms with Crippen LogP contribution in [-0.4, -0.2) is 60.3 Å². The third-order valence-corrected chi connectivity index (χ3v) is 6.92. The van der Waals surface area contributed by atoms with Gasteiger partial charge in [0.15, 0.2) is 5.82 Å². The SMILES string of the molecule is Cc1ccccc1-n1nnnc1[C@H](c1ccccc1)N1C[C@@]23C=C[C@@H](O2)[C@@H](C(=O)O)[C@@H]3C1=O. The molecule has 3 aliphatic heterocycles. The minimum Gasteiger partial charge on any atom is -0.481 e. The second-order valence-corrected chi connectivity index (χ2v) is 8.75. The molecule has 33 heavy (non-hydrogen) atoms. The van der Waals surface area contributed by atoms with E-state index in [1.807, 2.05) is 67.6 Å². The molecule has 3 aliphatic rings. The Morgan fingerprint density at radius 1 is 1.18 bits per heavy atom. The van der Waals surface area contributed by atoms with Gasteiger partial charge < -0.3 is 14.7 Å². The number of aliphatic carboxylic acids is 1. The maximum absolute atomic E-state index is 13.8. The first-order chi connectivity index (χ1) is 16.0. The molecule has 1 spiro atoms. The summed E-state index contributed by atoms with van der Waals surface area (Å²) < 4.78 is 7.73. The molecule has 2 bridgehead atoms. The van der Waals surface area contributed by atoms with Gasteiger partial charge in [-0.3, -0.25) is 9.59 Å². The van der Waals surface area contributed by atoms with Gasteiger partial charge >= 0.3 is 5.97 Å². The van der Waals surface area contributed by atoms with E-state index in [4.69, 9.17) is 4.74 Å². The van der Waals surface area contributed by atoms with E-state index in [1.165, 1.54) is 0 Å². The van der Waals surface area contributed by atoms with Gasteiger partial charge in [0.05, 0.1) is 24.3 Å². The minimum absolute atomic E-state index is 0.230. The number of aromatic nitrogens is 4. The van der Waals surface area contributed by atoms with Crippen LogP contribution in [0, 0.1) is 18.8 Å². The van der Waals surface area contributed by atoms with Crippen molar-refractivity contribution < 1.29 is 19.4 Å². The third kappa shape index (κ3) is 2.78. The maximum atomic E-state index is 13.8. The van der Waals surface area contributed by atoms with Gasteiger partial charge in [-0.1, -0.05) is 60.7 Å². The van der Waals surface area contributed by atoms with Crippen LogP contribution in [-0.2, 0) is 14.3 Å². The number of aryl methyl sites for hydroxylation is 1. The molecule has 1 aromatic heterocycles. The number of hydrogen-bond acceptors (Lipinski definition) is 6. The lowest BCUT2D eigenvalue weighted by Gasteiger charge is -2.29. The Kier molecular flexibility index (Phi) is 4.25. The quantitative estimate of drug-likeness (QED) is 0.600. The highest BCUT2D eigenvalue weighted by molar-refractivity contribution is 5.91. The summed E-state index contributed by atoms with van der Waals surface area (Å²) in [6.45, 7) is 2.20. The summed E-state index contributed by atoms with van der Waals surface area (Å²) in [6, 6.07) is 16.7. The largest absolute Gasteiger partial charge is 0.481 e. The summed E-state index contributed by atoms with van der Waals surface area (Å²) in [7, 11) is 0. The minimum atomic E-state index is -1.02. The monoisotopic (exact) mass is 443 g/mol. The van der Waals surface area contributed by atoms with Crippen LogP contribution in [0.4, 0.5) is 0 Å². The molecule has 9 nitrogen and oxygen atoms in total. The number of tetrazole rings is 1. The number of likely N-dealkylation sites (tertiary alicyclic amines) is 1. The number of nitrogens with zero attached hydrogens (tertiary/aromatic N) is 5. The zero-order chi connectivity index (χ0) is 22.7. The van der Waals surface area contributed by atoms with Crippen molar-refractivity contribution in [3.63, 3.8) is 0 Å². The Labute approximate surface area is 189 Å². The maximum Gasteiger partial charge on any atom is 0.310 e. The van der Waals surface area contributed by atoms with E-state index < -0.39 is 35.6 Å². The first-order valence-electron chi connectivity index (χ1n) is 10.8. The van der Waals surface area contributed by atoms with Gasteiger partial charge in [0.2, 0.25) is 5.91 Å². The number of rotatable bonds is 5. The first kappa shape index (κ1) is 19.8. The van der Waals surface area contributed by atoms with E-state index in [9.17, 15) is 14.7 Å². The lowest BCUT2D eigenvalue weighted by Crippen LogP contribution is -2.39. The summed E-state index contributed by atoms with van der Waals surface area (Å²) in [5.74, 6) is -2.49. The molecule has 0 radical (unpaired) electrons. The molecule has 1 amide bonds. The molecule has 1 N–H and O–H groups in total. The van der Waals surface area contributed by atoms with Crippen molar-refractivity contribution in [2.45, 2.75) is 24.7 Å². The Hall–Kier alpha value is -3.85. The molecule has 2 fully saturated rings. The summed E-state index contributed by atoms with van der Waals surface area (Å²) in [5.41, 5.74) is 1.68. The van der Waals surface area contributed by atoms with E-state index in [2.05, 4.69) is 15.5 Å². The molecule has 3 aromatic rings. The fraction of sp³-hybridized carbons (Fsp3) is 0.292. The number of carbonyl (C=O) groups is 2. The number of para-hydroxylation sites is 1. The van der Waals surface area contributed by atoms with Crippen molar-refractivity contribution in [1.29, 1.82) is 0 Å². The molecule has 166 valence electrons. The van der Waals surface area contributed by atoms with Gasteiger partial charge in [-0.25, -0.2) is 0 Å². The summed E-state index contributed by atoms with van der Waals surface area (Å²) >= 11 is 0. The summed E-state index contributed by atoms with van der Waals surface area (Å²) in [6.07, 6.45) is 3.04. The zero-order valence-electron chi connectivity index (χ0n) is 17.8. The van der Waals surface area contributed by atoms with Gasteiger partial charge in [-0.15, -0.1) is 5.10 Å². The molecule has 5 atom stereocenters. The Morgan fingerprint density at radius 3 is 2.70 bits per heavy atom. The molecular formula is C24H21N5O4. The summed E-state index contributed by atoms with van der Waals surface area (Å²) in [4.78, 5) is 27.5. The normalized spacial score (nSPS) is 28.3. The topological polar surface area (TPSA) is 110 Å². The van der Waals surface area contributed by atoms with Crippen LogP contribution < -0.4 is 0 Å². The number of ether oxygens (including phenoxy) is 1. The highest BCUT2D eigenvalue weighted by Gasteiger charge is 2.68. The second-order valence-electron chi connectivity index (χ2n) is 8.75. The molecule has 2 aromatic carbocycles. The van der Waals surface area contributed by atoms with Crippen molar-refractivity contribution in [2.75, 3.05) is 6.54 Å². The van der Waals surface area contributed by atoms with Gasteiger partial charge in [0.25, 0.3) is 0 Å². The fourth-order valence-corrected chi connectivity index (χ4v) is 5.47. The number of hydrogen-bond donors (Lipinski definition) is 1. The molecule has 0 saturated carbocycles. The van der Waals surface area contributed by atoms with Crippen molar-refractivity contribution in [1.82, 2.24) is 25.1 Å². The number of carbonyl (C=O) groups excluding carboxylic acids is 1. The van der Waals surface area contributed by atoms with Crippen molar-refractivity contribution in [3.05, 3.63) is 83.7 Å². The highest BCUT2D eigenvalue weighted by Crippen LogP contribution is 2.53.